The van der Waals surface area contributed by atoms with E-state index in [1.165, 1.54) is 6.26 Å². The zero-order valence-corrected chi connectivity index (χ0v) is 17.3. The molecule has 26 heavy (non-hydrogen) atoms. The van der Waals surface area contributed by atoms with E-state index in [0.717, 1.165) is 30.0 Å². The van der Waals surface area contributed by atoms with E-state index in [4.69, 9.17) is 16.3 Å². The fraction of sp³-hybridized carbons (Fsp3) is 0.368. The zero-order valence-electron chi connectivity index (χ0n) is 14.9. The molecule has 0 fully saturated rings. The van der Waals surface area contributed by atoms with Crippen LogP contribution >= 0.6 is 24.0 Å². The van der Waals surface area contributed by atoms with Gasteiger partial charge in [0.05, 0.1) is 5.75 Å². The van der Waals surface area contributed by atoms with Crippen LogP contribution in [0.3, 0.4) is 0 Å². The van der Waals surface area contributed by atoms with Crippen LogP contribution in [0.25, 0.3) is 0 Å². The monoisotopic (exact) mass is 417 g/mol. The number of sulfone groups is 1. The lowest BCUT2D eigenvalue weighted by molar-refractivity contribution is 0.313. The molecule has 0 saturated heterocycles. The Bertz CT molecular complexity index is 762. The van der Waals surface area contributed by atoms with Crippen molar-refractivity contribution >= 4 is 33.8 Å². The highest BCUT2D eigenvalue weighted by atomic mass is 35.5. The molecule has 4 nitrogen and oxygen atoms in total. The Balaban J connectivity index is 0.00000338. The SMILES string of the molecule is C[C@@H](CS(C)(=O)=O)c1ccc(CNCCOc2ccc(Cl)cc2)cc1.Cl. The molecule has 0 aromatic heterocycles. The third-order valence-corrected chi connectivity index (χ3v) is 5.15. The van der Waals surface area contributed by atoms with Gasteiger partial charge in [-0.05, 0) is 41.3 Å². The van der Waals surface area contributed by atoms with Crippen molar-refractivity contribution in [1.82, 2.24) is 5.32 Å². The summed E-state index contributed by atoms with van der Waals surface area (Å²) >= 11 is 5.83. The second-order valence-corrected chi connectivity index (χ2v) is 8.84. The van der Waals surface area contributed by atoms with Crippen LogP contribution in [0, 0.1) is 0 Å². The lowest BCUT2D eigenvalue weighted by atomic mass is 10.0. The van der Waals surface area contributed by atoms with Gasteiger partial charge >= 0.3 is 0 Å². The molecule has 2 aromatic carbocycles. The van der Waals surface area contributed by atoms with Crippen LogP contribution in [-0.4, -0.2) is 33.6 Å². The third kappa shape index (κ3) is 8.41. The number of hydrogen-bond donors (Lipinski definition) is 1. The quantitative estimate of drug-likeness (QED) is 0.624. The van der Waals surface area contributed by atoms with Gasteiger partial charge in [-0.25, -0.2) is 8.42 Å². The Morgan fingerprint density at radius 3 is 2.27 bits per heavy atom. The van der Waals surface area contributed by atoms with E-state index in [2.05, 4.69) is 5.32 Å². The Labute approximate surface area is 167 Å². The van der Waals surface area contributed by atoms with E-state index in [9.17, 15) is 8.42 Å². The Kier molecular flexibility index (Phi) is 9.44. The van der Waals surface area contributed by atoms with E-state index >= 15 is 0 Å². The van der Waals surface area contributed by atoms with Crippen molar-refractivity contribution in [3.05, 3.63) is 64.7 Å². The molecule has 0 aliphatic heterocycles. The second-order valence-electron chi connectivity index (χ2n) is 6.21. The van der Waals surface area contributed by atoms with Crippen LogP contribution < -0.4 is 10.1 Å². The van der Waals surface area contributed by atoms with Gasteiger partial charge < -0.3 is 10.1 Å². The molecule has 144 valence electrons. The highest BCUT2D eigenvalue weighted by Gasteiger charge is 2.12. The van der Waals surface area contributed by atoms with Gasteiger partial charge in [0.25, 0.3) is 0 Å². The molecule has 0 heterocycles. The molecule has 0 saturated carbocycles. The van der Waals surface area contributed by atoms with Gasteiger partial charge in [0, 0.05) is 24.4 Å². The van der Waals surface area contributed by atoms with Crippen LogP contribution in [0.2, 0.25) is 5.02 Å². The van der Waals surface area contributed by atoms with E-state index in [0.29, 0.717) is 11.6 Å². The third-order valence-electron chi connectivity index (χ3n) is 3.79. The first-order chi connectivity index (χ1) is 11.8. The Morgan fingerprint density at radius 2 is 1.69 bits per heavy atom. The van der Waals surface area contributed by atoms with Crippen molar-refractivity contribution in [2.24, 2.45) is 0 Å². The summed E-state index contributed by atoms with van der Waals surface area (Å²) in [6.45, 7) is 3.98. The normalized spacial score (nSPS) is 12.3. The maximum absolute atomic E-state index is 11.4. The number of hydrogen-bond acceptors (Lipinski definition) is 4. The number of halogens is 2. The molecule has 7 heteroatoms. The minimum Gasteiger partial charge on any atom is -0.492 e. The Hall–Kier alpha value is -1.27. The number of rotatable bonds is 9. The van der Waals surface area contributed by atoms with E-state index in [1.54, 1.807) is 12.1 Å². The number of benzene rings is 2. The first kappa shape index (κ1) is 22.8. The molecule has 0 radical (unpaired) electrons. The molecule has 1 atom stereocenters. The largest absolute Gasteiger partial charge is 0.492 e. The average Bonchev–Trinajstić information content (AvgIpc) is 2.55. The predicted molar refractivity (Wildman–Crippen MR) is 110 cm³/mol. The molecule has 2 rings (SSSR count). The molecular formula is C19H25Cl2NO3S. The van der Waals surface area contributed by atoms with Crippen LogP contribution in [0.4, 0.5) is 0 Å². The molecular weight excluding hydrogens is 393 g/mol. The van der Waals surface area contributed by atoms with Gasteiger partial charge in [-0.3, -0.25) is 0 Å². The molecule has 0 unspecified atom stereocenters. The molecule has 0 aliphatic rings. The lowest BCUT2D eigenvalue weighted by Gasteiger charge is -2.12. The summed E-state index contributed by atoms with van der Waals surface area (Å²) in [5.41, 5.74) is 2.20. The lowest BCUT2D eigenvalue weighted by Crippen LogP contribution is -2.20. The smallest absolute Gasteiger partial charge is 0.148 e. The first-order valence-electron chi connectivity index (χ1n) is 8.19. The minimum absolute atomic E-state index is 0. The Morgan fingerprint density at radius 1 is 1.08 bits per heavy atom. The van der Waals surface area contributed by atoms with Crippen molar-refractivity contribution in [2.75, 3.05) is 25.2 Å². The molecule has 0 spiro atoms. The van der Waals surface area contributed by atoms with Crippen molar-refractivity contribution in [1.29, 1.82) is 0 Å². The van der Waals surface area contributed by atoms with Gasteiger partial charge in [-0.1, -0.05) is 42.8 Å². The minimum atomic E-state index is -2.96. The summed E-state index contributed by atoms with van der Waals surface area (Å²) in [6, 6.07) is 15.3. The van der Waals surface area contributed by atoms with Gasteiger partial charge in [0.2, 0.25) is 0 Å². The molecule has 2 aromatic rings. The number of nitrogens with one attached hydrogen (secondary N) is 1. The summed E-state index contributed by atoms with van der Waals surface area (Å²) in [4.78, 5) is 0. The summed E-state index contributed by atoms with van der Waals surface area (Å²) in [7, 11) is -2.96. The maximum atomic E-state index is 11.4. The van der Waals surface area contributed by atoms with Crippen molar-refractivity contribution in [3.8, 4) is 5.75 Å². The van der Waals surface area contributed by atoms with Gasteiger partial charge in [-0.2, -0.15) is 0 Å². The van der Waals surface area contributed by atoms with Crippen molar-refractivity contribution in [2.45, 2.75) is 19.4 Å². The summed E-state index contributed by atoms with van der Waals surface area (Å²) in [5.74, 6) is 0.979. The van der Waals surface area contributed by atoms with Crippen molar-refractivity contribution < 1.29 is 13.2 Å². The summed E-state index contributed by atoms with van der Waals surface area (Å²) in [6.07, 6.45) is 1.27. The van der Waals surface area contributed by atoms with E-state index in [1.807, 2.05) is 43.3 Å². The molecule has 0 aliphatic carbocycles. The van der Waals surface area contributed by atoms with Crippen LogP contribution in [0.5, 0.6) is 5.75 Å². The molecule has 0 bridgehead atoms. The average molecular weight is 418 g/mol. The van der Waals surface area contributed by atoms with E-state index < -0.39 is 9.84 Å². The van der Waals surface area contributed by atoms with Crippen molar-refractivity contribution in [3.63, 3.8) is 0 Å². The summed E-state index contributed by atoms with van der Waals surface area (Å²) in [5, 5.41) is 4.02. The first-order valence-corrected chi connectivity index (χ1v) is 10.6. The zero-order chi connectivity index (χ0) is 18.3. The standard InChI is InChI=1S/C19H24ClNO3S.ClH/c1-15(14-25(2,22)23)17-5-3-16(4-6-17)13-21-11-12-24-19-9-7-18(20)8-10-19;/h3-10,15,21H,11-14H2,1-2H3;1H/t15-;/m0./s1. The maximum Gasteiger partial charge on any atom is 0.148 e. The van der Waals surface area contributed by atoms with Crippen LogP contribution in [-0.2, 0) is 16.4 Å². The fourth-order valence-electron chi connectivity index (χ4n) is 2.52. The number of ether oxygens (including phenoxy) is 1. The van der Waals surface area contributed by atoms with Gasteiger partial charge in [0.1, 0.15) is 22.2 Å². The van der Waals surface area contributed by atoms with Gasteiger partial charge in [0.15, 0.2) is 0 Å². The summed E-state index contributed by atoms with van der Waals surface area (Å²) < 4.78 is 28.4. The van der Waals surface area contributed by atoms with E-state index in [-0.39, 0.29) is 24.1 Å². The predicted octanol–water partition coefficient (Wildman–Crippen LogP) is 4.08. The molecule has 1 N–H and O–H groups in total. The highest BCUT2D eigenvalue weighted by Crippen LogP contribution is 2.18. The van der Waals surface area contributed by atoms with Crippen LogP contribution in [0.15, 0.2) is 48.5 Å². The second kappa shape index (κ2) is 10.8. The topological polar surface area (TPSA) is 55.4 Å². The fourth-order valence-corrected chi connectivity index (χ4v) is 3.75. The van der Waals surface area contributed by atoms with Crippen LogP contribution in [0.1, 0.15) is 24.0 Å². The highest BCUT2D eigenvalue weighted by molar-refractivity contribution is 7.90. The van der Waals surface area contributed by atoms with Gasteiger partial charge in [-0.15, -0.1) is 12.4 Å². The molecule has 0 amide bonds.